The minimum atomic E-state index is -1.57. The van der Waals surface area contributed by atoms with Crippen molar-refractivity contribution < 1.29 is 23.9 Å². The van der Waals surface area contributed by atoms with Crippen LogP contribution >= 0.6 is 0 Å². The van der Waals surface area contributed by atoms with E-state index in [0.29, 0.717) is 17.8 Å². The number of para-hydroxylation sites is 1. The van der Waals surface area contributed by atoms with E-state index in [1.807, 2.05) is 13.8 Å². The molecule has 1 fully saturated rings. The molecule has 1 aromatic carbocycles. The number of carbonyl (C=O) groups is 4. The van der Waals surface area contributed by atoms with Crippen LogP contribution in [0, 0.1) is 5.92 Å². The lowest BCUT2D eigenvalue weighted by molar-refractivity contribution is -0.161. The van der Waals surface area contributed by atoms with Gasteiger partial charge in [0.2, 0.25) is 11.6 Å². The Morgan fingerprint density at radius 3 is 2.52 bits per heavy atom. The number of fused-ring (bicyclic) bond motifs is 3. The van der Waals surface area contributed by atoms with Crippen molar-refractivity contribution in [2.45, 2.75) is 52.2 Å². The first kappa shape index (κ1) is 20.8. The van der Waals surface area contributed by atoms with E-state index in [4.69, 9.17) is 4.74 Å². The number of benzene rings is 1. The average molecular weight is 401 g/mol. The molecule has 1 saturated heterocycles. The summed E-state index contributed by atoms with van der Waals surface area (Å²) in [7, 11) is 0. The first-order chi connectivity index (χ1) is 13.7. The quantitative estimate of drug-likeness (QED) is 0.732. The van der Waals surface area contributed by atoms with Crippen LogP contribution in [0.2, 0.25) is 0 Å². The van der Waals surface area contributed by atoms with Gasteiger partial charge >= 0.3 is 5.97 Å². The average Bonchev–Trinajstić information content (AvgIpc) is 3.02. The van der Waals surface area contributed by atoms with Crippen LogP contribution < -0.4 is 10.2 Å². The molecule has 0 saturated carbocycles. The van der Waals surface area contributed by atoms with E-state index in [0.717, 1.165) is 0 Å². The molecule has 2 aliphatic heterocycles. The van der Waals surface area contributed by atoms with E-state index in [-0.39, 0.29) is 36.6 Å². The maximum atomic E-state index is 13.3. The van der Waals surface area contributed by atoms with Crippen LogP contribution in [-0.4, -0.2) is 53.4 Å². The molecular weight excluding hydrogens is 374 g/mol. The third kappa shape index (κ3) is 3.47. The Balaban J connectivity index is 1.95. The van der Waals surface area contributed by atoms with E-state index in [1.165, 1.54) is 9.80 Å². The minimum Gasteiger partial charge on any atom is -0.452 e. The molecule has 156 valence electrons. The van der Waals surface area contributed by atoms with Gasteiger partial charge in [-0.15, -0.1) is 0 Å². The molecule has 1 aromatic rings. The van der Waals surface area contributed by atoms with Gasteiger partial charge in [-0.25, -0.2) is 4.79 Å². The molecular formula is C21H27N3O5. The molecule has 2 heterocycles. The van der Waals surface area contributed by atoms with Crippen molar-refractivity contribution in [3.8, 4) is 0 Å². The summed E-state index contributed by atoms with van der Waals surface area (Å²) in [5.74, 6) is -1.50. The summed E-state index contributed by atoms with van der Waals surface area (Å²) in [5.41, 5.74) is -0.803. The van der Waals surface area contributed by atoms with Gasteiger partial charge < -0.3 is 15.0 Å². The van der Waals surface area contributed by atoms with E-state index in [9.17, 15) is 19.2 Å². The monoisotopic (exact) mass is 401 g/mol. The van der Waals surface area contributed by atoms with Gasteiger partial charge in [0, 0.05) is 25.4 Å². The van der Waals surface area contributed by atoms with E-state index in [1.54, 1.807) is 38.1 Å². The number of amides is 3. The summed E-state index contributed by atoms with van der Waals surface area (Å²) in [6, 6.07) is 6.39. The summed E-state index contributed by atoms with van der Waals surface area (Å²) >= 11 is 0. The third-order valence-electron chi connectivity index (χ3n) is 5.18. The summed E-state index contributed by atoms with van der Waals surface area (Å²) in [6.07, 6.45) is 0.232. The molecule has 0 aliphatic carbocycles. The molecule has 0 radical (unpaired) electrons. The zero-order chi connectivity index (χ0) is 21.3. The Morgan fingerprint density at radius 1 is 1.17 bits per heavy atom. The van der Waals surface area contributed by atoms with Gasteiger partial charge in [0.05, 0.1) is 11.3 Å². The highest BCUT2D eigenvalue weighted by Gasteiger charge is 2.62. The molecule has 0 bridgehead atoms. The number of hydrogen-bond donors (Lipinski definition) is 1. The van der Waals surface area contributed by atoms with Gasteiger partial charge in [0.25, 0.3) is 11.8 Å². The number of nitrogens with one attached hydrogen (secondary N) is 1. The Bertz CT molecular complexity index is 850. The van der Waals surface area contributed by atoms with Crippen LogP contribution in [0.5, 0.6) is 0 Å². The van der Waals surface area contributed by atoms with Crippen LogP contribution in [0.15, 0.2) is 24.3 Å². The maximum Gasteiger partial charge on any atom is 0.354 e. The summed E-state index contributed by atoms with van der Waals surface area (Å²) in [4.78, 5) is 54.1. The molecule has 3 rings (SSSR count). The third-order valence-corrected chi connectivity index (χ3v) is 5.18. The molecule has 1 N–H and O–H groups in total. The zero-order valence-corrected chi connectivity index (χ0v) is 17.2. The van der Waals surface area contributed by atoms with Gasteiger partial charge in [-0.05, 0) is 31.9 Å². The Morgan fingerprint density at radius 2 is 1.86 bits per heavy atom. The second kappa shape index (κ2) is 7.85. The largest absolute Gasteiger partial charge is 0.452 e. The van der Waals surface area contributed by atoms with Crippen molar-refractivity contribution in [3.63, 3.8) is 0 Å². The number of rotatable bonds is 6. The van der Waals surface area contributed by atoms with Crippen molar-refractivity contribution in [2.75, 3.05) is 18.1 Å². The topological polar surface area (TPSA) is 96.0 Å². The van der Waals surface area contributed by atoms with Gasteiger partial charge in [-0.3, -0.25) is 19.3 Å². The number of nitrogens with zero attached hydrogens (tertiary/aromatic N) is 2. The van der Waals surface area contributed by atoms with E-state index in [2.05, 4.69) is 5.32 Å². The summed E-state index contributed by atoms with van der Waals surface area (Å²) in [5, 5.41) is 2.69. The minimum absolute atomic E-state index is 0.111. The molecule has 1 atom stereocenters. The molecule has 0 spiro atoms. The molecule has 2 aliphatic rings. The summed E-state index contributed by atoms with van der Waals surface area (Å²) < 4.78 is 5.33. The fourth-order valence-corrected chi connectivity index (χ4v) is 3.99. The van der Waals surface area contributed by atoms with Gasteiger partial charge in [0.15, 0.2) is 6.61 Å². The van der Waals surface area contributed by atoms with Crippen LogP contribution in [0.1, 0.15) is 50.9 Å². The number of ether oxygens (including phenoxy) is 1. The number of esters is 1. The molecule has 29 heavy (non-hydrogen) atoms. The van der Waals surface area contributed by atoms with Crippen LogP contribution in [0.3, 0.4) is 0 Å². The van der Waals surface area contributed by atoms with Gasteiger partial charge in [0.1, 0.15) is 0 Å². The van der Waals surface area contributed by atoms with Crippen LogP contribution in [-0.2, 0) is 19.1 Å². The number of anilines is 1. The SMILES string of the molecule is CC(C)CNC(=O)COC(=O)[C@@]12CCC(=O)N1c1ccccc1C(=O)N2C(C)C. The lowest BCUT2D eigenvalue weighted by atomic mass is 9.95. The highest BCUT2D eigenvalue weighted by molar-refractivity contribution is 6.15. The predicted molar refractivity (Wildman–Crippen MR) is 106 cm³/mol. The fourth-order valence-electron chi connectivity index (χ4n) is 3.99. The lowest BCUT2D eigenvalue weighted by Crippen LogP contribution is -2.70. The van der Waals surface area contributed by atoms with Crippen molar-refractivity contribution in [2.24, 2.45) is 5.92 Å². The predicted octanol–water partition coefficient (Wildman–Crippen LogP) is 1.69. The second-order valence-electron chi connectivity index (χ2n) is 8.11. The molecule has 0 unspecified atom stereocenters. The van der Waals surface area contributed by atoms with Crippen molar-refractivity contribution in [1.82, 2.24) is 10.2 Å². The molecule has 0 aromatic heterocycles. The second-order valence-corrected chi connectivity index (χ2v) is 8.11. The lowest BCUT2D eigenvalue weighted by Gasteiger charge is -2.50. The number of carbonyl (C=O) groups excluding carboxylic acids is 4. The van der Waals surface area contributed by atoms with Crippen LogP contribution in [0.25, 0.3) is 0 Å². The van der Waals surface area contributed by atoms with Crippen molar-refractivity contribution in [3.05, 3.63) is 29.8 Å². The smallest absolute Gasteiger partial charge is 0.354 e. The maximum absolute atomic E-state index is 13.3. The van der Waals surface area contributed by atoms with Crippen LogP contribution in [0.4, 0.5) is 5.69 Å². The standard InChI is InChI=1S/C21H27N3O5/c1-13(2)11-22-17(25)12-29-20(28)21-10-9-18(26)24(21)16-8-6-5-7-15(16)19(27)23(21)14(3)4/h5-8,13-14H,9-12H2,1-4H3,(H,22,25)/t21-/m1/s1. The van der Waals surface area contributed by atoms with Crippen molar-refractivity contribution in [1.29, 1.82) is 0 Å². The molecule has 3 amide bonds. The normalized spacial score (nSPS) is 20.8. The summed E-state index contributed by atoms with van der Waals surface area (Å²) in [6.45, 7) is 7.50. The van der Waals surface area contributed by atoms with Gasteiger partial charge in [-0.2, -0.15) is 0 Å². The van der Waals surface area contributed by atoms with Gasteiger partial charge in [-0.1, -0.05) is 26.0 Å². The Kier molecular flexibility index (Phi) is 5.64. The fraction of sp³-hybridized carbons (Fsp3) is 0.524. The Labute approximate surface area is 170 Å². The first-order valence-electron chi connectivity index (χ1n) is 9.89. The van der Waals surface area contributed by atoms with Crippen molar-refractivity contribution >= 4 is 29.4 Å². The first-order valence-corrected chi connectivity index (χ1v) is 9.89. The highest BCUT2D eigenvalue weighted by atomic mass is 16.5. The Hall–Kier alpha value is -2.90. The molecule has 8 nitrogen and oxygen atoms in total. The van der Waals surface area contributed by atoms with E-state index >= 15 is 0 Å². The molecule has 8 heteroatoms. The zero-order valence-electron chi connectivity index (χ0n) is 17.2. The number of hydrogen-bond acceptors (Lipinski definition) is 5. The van der Waals surface area contributed by atoms with E-state index < -0.39 is 24.1 Å². The highest BCUT2D eigenvalue weighted by Crippen LogP contribution is 2.45.